The maximum atomic E-state index is 12.2. The Morgan fingerprint density at radius 2 is 1.96 bits per heavy atom. The summed E-state index contributed by atoms with van der Waals surface area (Å²) in [4.78, 5) is 28.5. The number of ketones is 1. The predicted octanol–water partition coefficient (Wildman–Crippen LogP) is 4.46. The maximum Gasteiger partial charge on any atom is 0.358 e. The Morgan fingerprint density at radius 3 is 2.68 bits per heavy atom. The van der Waals surface area contributed by atoms with E-state index in [2.05, 4.69) is 10.3 Å². The highest BCUT2D eigenvalue weighted by atomic mass is 35.5. The second kappa shape index (κ2) is 9.34. The van der Waals surface area contributed by atoms with Gasteiger partial charge in [-0.05, 0) is 23.8 Å². The number of benzene rings is 2. The molecule has 8 heteroatoms. The number of hydrogen-bond donors (Lipinski definition) is 1. The largest absolute Gasteiger partial charge is 0.495 e. The van der Waals surface area contributed by atoms with Crippen molar-refractivity contribution in [3.05, 3.63) is 75.8 Å². The quantitative estimate of drug-likeness (QED) is 0.431. The molecule has 2 aromatic carbocycles. The first-order chi connectivity index (χ1) is 13.6. The highest BCUT2D eigenvalue weighted by Crippen LogP contribution is 2.25. The van der Waals surface area contributed by atoms with Crippen LogP contribution in [0.5, 0.6) is 5.75 Å². The first-order valence-corrected chi connectivity index (χ1v) is 9.60. The second-order valence-corrected chi connectivity index (χ2v) is 6.99. The van der Waals surface area contributed by atoms with E-state index in [-0.39, 0.29) is 11.5 Å². The van der Waals surface area contributed by atoms with Crippen LogP contribution in [0.4, 0.5) is 5.13 Å². The van der Waals surface area contributed by atoms with E-state index in [4.69, 9.17) is 21.1 Å². The van der Waals surface area contributed by atoms with Gasteiger partial charge in [-0.15, -0.1) is 11.3 Å². The molecule has 0 amide bonds. The zero-order chi connectivity index (χ0) is 19.9. The highest BCUT2D eigenvalue weighted by Gasteiger charge is 2.16. The van der Waals surface area contributed by atoms with Gasteiger partial charge in [0.15, 0.2) is 23.2 Å². The number of nitrogens with zero attached hydrogens (tertiary/aromatic N) is 1. The molecule has 1 N–H and O–H groups in total. The number of ether oxygens (including phenoxy) is 2. The zero-order valence-electron chi connectivity index (χ0n) is 15.0. The highest BCUT2D eigenvalue weighted by molar-refractivity contribution is 7.13. The van der Waals surface area contributed by atoms with Crippen LogP contribution in [0.2, 0.25) is 5.02 Å². The van der Waals surface area contributed by atoms with Crippen molar-refractivity contribution < 1.29 is 19.1 Å². The van der Waals surface area contributed by atoms with E-state index in [9.17, 15) is 9.59 Å². The maximum absolute atomic E-state index is 12.2. The number of rotatable bonds is 8. The van der Waals surface area contributed by atoms with Crippen molar-refractivity contribution in [2.24, 2.45) is 0 Å². The normalized spacial score (nSPS) is 10.4. The third kappa shape index (κ3) is 5.09. The molecule has 3 aromatic rings. The van der Waals surface area contributed by atoms with Crippen LogP contribution in [0, 0.1) is 0 Å². The van der Waals surface area contributed by atoms with Crippen molar-refractivity contribution in [2.75, 3.05) is 19.0 Å². The molecule has 0 saturated heterocycles. The summed E-state index contributed by atoms with van der Waals surface area (Å²) in [6.45, 7) is 0.200. The molecule has 3 rings (SSSR count). The molecule has 0 radical (unpaired) electrons. The number of nitrogens with one attached hydrogen (secondary N) is 1. The van der Waals surface area contributed by atoms with Crippen LogP contribution in [0.25, 0.3) is 0 Å². The molecular formula is C20H17ClN2O4S. The summed E-state index contributed by atoms with van der Waals surface area (Å²) in [7, 11) is 1.49. The summed E-state index contributed by atoms with van der Waals surface area (Å²) in [6.07, 6.45) is 0. The van der Waals surface area contributed by atoms with E-state index in [1.807, 2.05) is 30.3 Å². The summed E-state index contributed by atoms with van der Waals surface area (Å²) < 4.78 is 10.1. The lowest BCUT2D eigenvalue weighted by Gasteiger charge is -2.06. The van der Waals surface area contributed by atoms with Crippen molar-refractivity contribution in [1.82, 2.24) is 4.98 Å². The van der Waals surface area contributed by atoms with Crippen LogP contribution in [0.3, 0.4) is 0 Å². The number of hydrogen-bond acceptors (Lipinski definition) is 7. The van der Waals surface area contributed by atoms with Crippen LogP contribution in [-0.2, 0) is 11.3 Å². The van der Waals surface area contributed by atoms with Gasteiger partial charge in [0.2, 0.25) is 0 Å². The Hall–Kier alpha value is -2.90. The molecule has 144 valence electrons. The lowest BCUT2D eigenvalue weighted by atomic mass is 10.1. The molecule has 1 heterocycles. The van der Waals surface area contributed by atoms with Gasteiger partial charge in [0.1, 0.15) is 5.75 Å². The van der Waals surface area contributed by atoms with Gasteiger partial charge in [0.05, 0.1) is 12.1 Å². The SMILES string of the molecule is COc1ccc(C(=O)COC(=O)c2csc(NCc3ccccc3)n2)cc1Cl. The standard InChI is InChI=1S/C20H17ClN2O4S/c1-26-18-8-7-14(9-15(18)21)17(24)11-27-19(25)16-12-28-20(23-16)22-10-13-5-3-2-4-6-13/h2-9,12H,10-11H2,1H3,(H,22,23). The van der Waals surface area contributed by atoms with E-state index in [0.717, 1.165) is 5.56 Å². The summed E-state index contributed by atoms with van der Waals surface area (Å²) >= 11 is 7.30. The number of methoxy groups -OCH3 is 1. The molecule has 1 aromatic heterocycles. The van der Waals surface area contributed by atoms with Crippen molar-refractivity contribution in [2.45, 2.75) is 6.54 Å². The topological polar surface area (TPSA) is 77.5 Å². The number of carbonyl (C=O) groups excluding carboxylic acids is 2. The lowest BCUT2D eigenvalue weighted by Crippen LogP contribution is -2.14. The minimum absolute atomic E-state index is 0.154. The van der Waals surface area contributed by atoms with E-state index < -0.39 is 12.6 Å². The Labute approximate surface area is 171 Å². The number of aromatic nitrogens is 1. The number of Topliss-reactive ketones (excluding diaryl/α,β-unsaturated/α-hetero) is 1. The summed E-state index contributed by atoms with van der Waals surface area (Å²) in [5.41, 5.74) is 1.59. The van der Waals surface area contributed by atoms with Crippen molar-refractivity contribution in [3.63, 3.8) is 0 Å². The van der Waals surface area contributed by atoms with Gasteiger partial charge in [0, 0.05) is 17.5 Å². The van der Waals surface area contributed by atoms with Gasteiger partial charge in [0.25, 0.3) is 0 Å². The Balaban J connectivity index is 1.53. The van der Waals surface area contributed by atoms with E-state index in [1.54, 1.807) is 17.5 Å². The Bertz CT molecular complexity index is 975. The van der Waals surface area contributed by atoms with Crippen molar-refractivity contribution in [1.29, 1.82) is 0 Å². The minimum atomic E-state index is -0.656. The molecule has 0 atom stereocenters. The zero-order valence-corrected chi connectivity index (χ0v) is 16.5. The Kier molecular flexibility index (Phi) is 6.62. The first-order valence-electron chi connectivity index (χ1n) is 8.34. The Morgan fingerprint density at radius 1 is 1.18 bits per heavy atom. The van der Waals surface area contributed by atoms with Gasteiger partial charge in [-0.25, -0.2) is 9.78 Å². The van der Waals surface area contributed by atoms with Crippen LogP contribution < -0.4 is 10.1 Å². The van der Waals surface area contributed by atoms with Crippen LogP contribution in [-0.4, -0.2) is 30.5 Å². The fraction of sp³-hybridized carbons (Fsp3) is 0.150. The molecule has 0 aliphatic rings. The number of anilines is 1. The molecule has 28 heavy (non-hydrogen) atoms. The summed E-state index contributed by atoms with van der Waals surface area (Å²) in [5.74, 6) is -0.555. The van der Waals surface area contributed by atoms with Crippen LogP contribution >= 0.6 is 22.9 Å². The molecule has 0 aliphatic heterocycles. The molecular weight excluding hydrogens is 400 g/mol. The fourth-order valence-corrected chi connectivity index (χ4v) is 3.29. The average molecular weight is 417 g/mol. The molecule has 0 unspecified atom stereocenters. The third-order valence-electron chi connectivity index (χ3n) is 3.81. The first kappa shape index (κ1) is 19.9. The average Bonchev–Trinajstić information content (AvgIpc) is 3.20. The van der Waals surface area contributed by atoms with E-state index in [1.165, 1.54) is 24.5 Å². The molecule has 6 nitrogen and oxygen atoms in total. The number of carbonyl (C=O) groups is 2. The molecule has 0 saturated carbocycles. The molecule has 0 bridgehead atoms. The third-order valence-corrected chi connectivity index (χ3v) is 4.90. The smallest absolute Gasteiger partial charge is 0.358 e. The number of thiazole rings is 1. The van der Waals surface area contributed by atoms with Gasteiger partial charge in [-0.3, -0.25) is 4.79 Å². The minimum Gasteiger partial charge on any atom is -0.495 e. The summed E-state index contributed by atoms with van der Waals surface area (Å²) in [5, 5.41) is 5.65. The van der Waals surface area contributed by atoms with Crippen molar-refractivity contribution >= 4 is 39.8 Å². The molecule has 0 fully saturated rings. The van der Waals surface area contributed by atoms with Crippen molar-refractivity contribution in [3.8, 4) is 5.75 Å². The van der Waals surface area contributed by atoms with Gasteiger partial charge in [-0.2, -0.15) is 0 Å². The number of halogens is 1. The van der Waals surface area contributed by atoms with Crippen LogP contribution in [0.15, 0.2) is 53.9 Å². The van der Waals surface area contributed by atoms with Crippen LogP contribution in [0.1, 0.15) is 26.4 Å². The summed E-state index contributed by atoms with van der Waals surface area (Å²) in [6, 6.07) is 14.5. The predicted molar refractivity (Wildman–Crippen MR) is 108 cm³/mol. The van der Waals surface area contributed by atoms with Gasteiger partial charge in [-0.1, -0.05) is 41.9 Å². The molecule has 0 aliphatic carbocycles. The fourth-order valence-electron chi connectivity index (χ4n) is 2.35. The van der Waals surface area contributed by atoms with E-state index >= 15 is 0 Å². The van der Waals surface area contributed by atoms with Gasteiger partial charge < -0.3 is 14.8 Å². The molecule has 0 spiro atoms. The lowest BCUT2D eigenvalue weighted by molar-refractivity contribution is 0.0470. The van der Waals surface area contributed by atoms with Gasteiger partial charge >= 0.3 is 5.97 Å². The monoisotopic (exact) mass is 416 g/mol. The second-order valence-electron chi connectivity index (χ2n) is 5.73. The van der Waals surface area contributed by atoms with E-state index in [0.29, 0.717) is 28.0 Å². The number of esters is 1.